The van der Waals surface area contributed by atoms with Crippen LogP contribution in [0.1, 0.15) is 65.7 Å². The molecule has 0 N–H and O–H groups in total. The molecule has 0 heteroatoms. The van der Waals surface area contributed by atoms with Gasteiger partial charge in [-0.3, -0.25) is 0 Å². The van der Waals surface area contributed by atoms with Crippen LogP contribution in [0.2, 0.25) is 0 Å². The maximum atomic E-state index is 2.60. The highest BCUT2D eigenvalue weighted by Gasteiger charge is 2.45. The van der Waals surface area contributed by atoms with Crippen LogP contribution in [0, 0.1) is 23.2 Å². The molecule has 2 aliphatic carbocycles. The summed E-state index contributed by atoms with van der Waals surface area (Å²) in [6.07, 6.45) is 10.6. The third-order valence-electron chi connectivity index (χ3n) is 5.17. The highest BCUT2D eigenvalue weighted by atomic mass is 14.5. The van der Waals surface area contributed by atoms with E-state index in [1.807, 2.05) is 0 Å². The molecule has 0 aromatic heterocycles. The minimum absolute atomic E-state index is 0.713. The molecule has 0 saturated heterocycles. The van der Waals surface area contributed by atoms with Gasteiger partial charge in [0.05, 0.1) is 0 Å². The van der Waals surface area contributed by atoms with Gasteiger partial charge in [-0.05, 0) is 48.9 Å². The zero-order chi connectivity index (χ0) is 10.2. The Labute approximate surface area is 89.5 Å². The second-order valence-electron chi connectivity index (χ2n) is 6.23. The van der Waals surface area contributed by atoms with Gasteiger partial charge in [0.2, 0.25) is 0 Å². The van der Waals surface area contributed by atoms with E-state index < -0.39 is 0 Å². The molecule has 0 bridgehead atoms. The van der Waals surface area contributed by atoms with Crippen molar-refractivity contribution in [1.82, 2.24) is 0 Å². The Balaban J connectivity index is 2.11. The van der Waals surface area contributed by atoms with Crippen molar-refractivity contribution in [2.24, 2.45) is 23.2 Å². The lowest BCUT2D eigenvalue weighted by atomic mass is 9.65. The van der Waals surface area contributed by atoms with Gasteiger partial charge in [-0.1, -0.05) is 40.0 Å². The van der Waals surface area contributed by atoms with Gasteiger partial charge >= 0.3 is 0 Å². The molecule has 2 rings (SSSR count). The van der Waals surface area contributed by atoms with Crippen molar-refractivity contribution in [2.45, 2.75) is 65.7 Å². The van der Waals surface area contributed by atoms with Gasteiger partial charge in [-0.2, -0.15) is 0 Å². The van der Waals surface area contributed by atoms with Crippen LogP contribution in [0.3, 0.4) is 0 Å². The first-order chi connectivity index (χ1) is 6.64. The van der Waals surface area contributed by atoms with Crippen LogP contribution in [0.4, 0.5) is 0 Å². The van der Waals surface area contributed by atoms with E-state index in [-0.39, 0.29) is 0 Å². The third-order valence-corrected chi connectivity index (χ3v) is 5.17. The summed E-state index contributed by atoms with van der Waals surface area (Å²) in [4.78, 5) is 0. The highest BCUT2D eigenvalue weighted by Crippen LogP contribution is 2.55. The molecule has 0 amide bonds. The van der Waals surface area contributed by atoms with Crippen molar-refractivity contribution in [2.75, 3.05) is 0 Å². The Morgan fingerprint density at radius 1 is 1.00 bits per heavy atom. The first-order valence-electron chi connectivity index (χ1n) is 6.64. The molecule has 14 heavy (non-hydrogen) atoms. The van der Waals surface area contributed by atoms with Gasteiger partial charge in [-0.15, -0.1) is 0 Å². The summed E-state index contributed by atoms with van der Waals surface area (Å²) < 4.78 is 0. The standard InChI is InChI=1S/C14H26/c1-11(2)13-9-6-10-14(13,3)12-7-4-5-8-12/h11-13H,4-10H2,1-3H3. The number of hydrogen-bond acceptors (Lipinski definition) is 0. The van der Waals surface area contributed by atoms with E-state index in [2.05, 4.69) is 20.8 Å². The fraction of sp³-hybridized carbons (Fsp3) is 1.00. The molecule has 2 unspecified atom stereocenters. The van der Waals surface area contributed by atoms with Crippen molar-refractivity contribution in [1.29, 1.82) is 0 Å². The van der Waals surface area contributed by atoms with Gasteiger partial charge < -0.3 is 0 Å². The maximum Gasteiger partial charge on any atom is -0.0267 e. The molecular formula is C14H26. The summed E-state index contributed by atoms with van der Waals surface area (Å²) in [5, 5.41) is 0. The molecule has 0 aliphatic heterocycles. The van der Waals surface area contributed by atoms with Crippen molar-refractivity contribution in [3.8, 4) is 0 Å². The molecule has 82 valence electrons. The first-order valence-corrected chi connectivity index (χ1v) is 6.64. The smallest absolute Gasteiger partial charge is 0.0267 e. The lowest BCUT2D eigenvalue weighted by molar-refractivity contribution is 0.0933. The van der Waals surface area contributed by atoms with Crippen molar-refractivity contribution in [3.05, 3.63) is 0 Å². The molecule has 0 spiro atoms. The topological polar surface area (TPSA) is 0 Å². The minimum Gasteiger partial charge on any atom is -0.0625 e. The second kappa shape index (κ2) is 3.87. The monoisotopic (exact) mass is 194 g/mol. The maximum absolute atomic E-state index is 2.60. The molecule has 2 saturated carbocycles. The molecule has 0 nitrogen and oxygen atoms in total. The second-order valence-corrected chi connectivity index (χ2v) is 6.23. The van der Waals surface area contributed by atoms with E-state index in [1.54, 1.807) is 0 Å². The van der Waals surface area contributed by atoms with E-state index in [4.69, 9.17) is 0 Å². The van der Waals surface area contributed by atoms with E-state index in [0.29, 0.717) is 5.41 Å². The summed E-state index contributed by atoms with van der Waals surface area (Å²) >= 11 is 0. The van der Waals surface area contributed by atoms with Crippen molar-refractivity contribution < 1.29 is 0 Å². The van der Waals surface area contributed by atoms with Crippen molar-refractivity contribution >= 4 is 0 Å². The van der Waals surface area contributed by atoms with Crippen molar-refractivity contribution in [3.63, 3.8) is 0 Å². The van der Waals surface area contributed by atoms with Gasteiger partial charge in [0.1, 0.15) is 0 Å². The quantitative estimate of drug-likeness (QED) is 0.601. The van der Waals surface area contributed by atoms with Crippen LogP contribution in [-0.4, -0.2) is 0 Å². The fourth-order valence-electron chi connectivity index (χ4n) is 4.40. The highest BCUT2D eigenvalue weighted by molar-refractivity contribution is 4.95. The predicted molar refractivity (Wildman–Crippen MR) is 62.2 cm³/mol. The van der Waals surface area contributed by atoms with E-state index in [1.165, 1.54) is 44.9 Å². The van der Waals surface area contributed by atoms with Gasteiger partial charge in [0.25, 0.3) is 0 Å². The van der Waals surface area contributed by atoms with E-state index >= 15 is 0 Å². The van der Waals surface area contributed by atoms with Gasteiger partial charge in [0, 0.05) is 0 Å². The molecule has 2 atom stereocenters. The molecule has 2 aliphatic rings. The first kappa shape index (κ1) is 10.5. The van der Waals surface area contributed by atoms with E-state index in [0.717, 1.165) is 17.8 Å². The minimum atomic E-state index is 0.713. The molecule has 0 aromatic rings. The lowest BCUT2D eigenvalue weighted by Gasteiger charge is -2.40. The van der Waals surface area contributed by atoms with E-state index in [9.17, 15) is 0 Å². The Bertz CT molecular complexity index is 188. The molecule has 0 heterocycles. The normalized spacial score (nSPS) is 39.9. The van der Waals surface area contributed by atoms with Gasteiger partial charge in [-0.25, -0.2) is 0 Å². The molecule has 2 fully saturated rings. The largest absolute Gasteiger partial charge is 0.0625 e. The van der Waals surface area contributed by atoms with Crippen LogP contribution in [0.5, 0.6) is 0 Å². The molecule has 0 radical (unpaired) electrons. The average molecular weight is 194 g/mol. The summed E-state index contributed by atoms with van der Waals surface area (Å²) in [5.74, 6) is 2.99. The average Bonchev–Trinajstić information content (AvgIpc) is 2.71. The van der Waals surface area contributed by atoms with Gasteiger partial charge in [0.15, 0.2) is 0 Å². The SMILES string of the molecule is CC(C)C1CCCC1(C)C1CCCC1. The zero-order valence-corrected chi connectivity index (χ0v) is 10.2. The predicted octanol–water partition coefficient (Wildman–Crippen LogP) is 4.64. The summed E-state index contributed by atoms with van der Waals surface area (Å²) in [5.41, 5.74) is 0.713. The lowest BCUT2D eigenvalue weighted by Crippen LogP contribution is -2.32. The number of hydrogen-bond donors (Lipinski definition) is 0. The third kappa shape index (κ3) is 1.61. The Kier molecular flexibility index (Phi) is 2.91. The van der Waals surface area contributed by atoms with Crippen LogP contribution in [0.15, 0.2) is 0 Å². The summed E-state index contributed by atoms with van der Waals surface area (Å²) in [6.45, 7) is 7.47. The molecule has 0 aromatic carbocycles. The fourth-order valence-corrected chi connectivity index (χ4v) is 4.40. The van der Waals surface area contributed by atoms with Crippen LogP contribution >= 0.6 is 0 Å². The number of rotatable bonds is 2. The van der Waals surface area contributed by atoms with Crippen LogP contribution in [-0.2, 0) is 0 Å². The zero-order valence-electron chi connectivity index (χ0n) is 10.2. The Morgan fingerprint density at radius 2 is 1.64 bits per heavy atom. The van der Waals surface area contributed by atoms with Crippen LogP contribution in [0.25, 0.3) is 0 Å². The molecular weight excluding hydrogens is 168 g/mol. The Hall–Kier alpha value is 0. The summed E-state index contributed by atoms with van der Waals surface area (Å²) in [7, 11) is 0. The Morgan fingerprint density at radius 3 is 2.21 bits per heavy atom. The van der Waals surface area contributed by atoms with Crippen LogP contribution < -0.4 is 0 Å². The summed E-state index contributed by atoms with van der Waals surface area (Å²) in [6, 6.07) is 0.